The maximum Gasteiger partial charge on any atom is 0.143 e. The summed E-state index contributed by atoms with van der Waals surface area (Å²) in [5.41, 5.74) is 6.59. The molecule has 0 radical (unpaired) electrons. The number of aryl methyl sites for hydroxylation is 1. The summed E-state index contributed by atoms with van der Waals surface area (Å²) in [6.07, 6.45) is 0.151. The van der Waals surface area contributed by atoms with Crippen LogP contribution in [0.4, 0.5) is 4.39 Å². The van der Waals surface area contributed by atoms with Crippen LogP contribution in [-0.2, 0) is 6.42 Å². The normalized spacial score (nSPS) is 11.5. The highest BCUT2D eigenvalue weighted by molar-refractivity contribution is 5.82. The molecule has 1 rings (SSSR count). The Morgan fingerprint density at radius 1 is 1.60 bits per heavy atom. The van der Waals surface area contributed by atoms with E-state index in [1.807, 2.05) is 0 Å². The maximum atomic E-state index is 13.1. The van der Waals surface area contributed by atoms with Gasteiger partial charge in [-0.25, -0.2) is 4.39 Å². The van der Waals surface area contributed by atoms with Crippen molar-refractivity contribution in [1.29, 1.82) is 0 Å². The molecule has 4 nitrogen and oxygen atoms in total. The molecule has 0 fully saturated rings. The van der Waals surface area contributed by atoms with Gasteiger partial charge >= 0.3 is 0 Å². The molecule has 0 aliphatic carbocycles. The predicted octanol–water partition coefficient (Wildman–Crippen LogP) is 1.43. The fourth-order valence-electron chi connectivity index (χ4n) is 1.45. The molecule has 0 heterocycles. The minimum Gasteiger partial charge on any atom is -0.496 e. The van der Waals surface area contributed by atoms with Crippen molar-refractivity contribution in [2.45, 2.75) is 13.3 Å². The van der Waals surface area contributed by atoms with E-state index in [0.29, 0.717) is 16.9 Å². The van der Waals surface area contributed by atoms with Crippen molar-refractivity contribution in [2.24, 2.45) is 10.9 Å². The van der Waals surface area contributed by atoms with Gasteiger partial charge in [0.1, 0.15) is 17.4 Å². The Hall–Kier alpha value is -1.78. The Bertz CT molecular complexity index is 391. The van der Waals surface area contributed by atoms with Crippen molar-refractivity contribution in [3.05, 3.63) is 29.1 Å². The molecule has 5 heteroatoms. The number of nitrogens with two attached hydrogens (primary N) is 1. The minimum absolute atomic E-state index is 0.0123. The molecule has 82 valence electrons. The van der Waals surface area contributed by atoms with Gasteiger partial charge in [-0.15, -0.1) is 0 Å². The number of nitrogens with zero attached hydrogens (tertiary/aromatic N) is 1. The summed E-state index contributed by atoms with van der Waals surface area (Å²) >= 11 is 0. The second-order valence-electron chi connectivity index (χ2n) is 3.18. The topological polar surface area (TPSA) is 67.8 Å². The summed E-state index contributed by atoms with van der Waals surface area (Å²) in [6.45, 7) is 1.73. The lowest BCUT2D eigenvalue weighted by Gasteiger charge is -2.10. The highest BCUT2D eigenvalue weighted by Gasteiger charge is 2.10. The fourth-order valence-corrected chi connectivity index (χ4v) is 1.45. The third-order valence-electron chi connectivity index (χ3n) is 2.02. The van der Waals surface area contributed by atoms with E-state index in [4.69, 9.17) is 15.7 Å². The maximum absolute atomic E-state index is 13.1. The van der Waals surface area contributed by atoms with Gasteiger partial charge in [0, 0.05) is 12.0 Å². The first-order valence-corrected chi connectivity index (χ1v) is 4.38. The average molecular weight is 212 g/mol. The Labute approximate surface area is 87.2 Å². The van der Waals surface area contributed by atoms with Crippen LogP contribution in [0.2, 0.25) is 0 Å². The Balaban J connectivity index is 3.14. The molecule has 15 heavy (non-hydrogen) atoms. The molecule has 0 saturated heterocycles. The van der Waals surface area contributed by atoms with E-state index in [2.05, 4.69) is 5.16 Å². The van der Waals surface area contributed by atoms with Crippen molar-refractivity contribution in [3.63, 3.8) is 0 Å². The van der Waals surface area contributed by atoms with Gasteiger partial charge in [-0.2, -0.15) is 0 Å². The van der Waals surface area contributed by atoms with E-state index in [1.54, 1.807) is 6.92 Å². The zero-order valence-corrected chi connectivity index (χ0v) is 8.62. The van der Waals surface area contributed by atoms with E-state index in [1.165, 1.54) is 19.2 Å². The van der Waals surface area contributed by atoms with Gasteiger partial charge in [0.15, 0.2) is 0 Å². The highest BCUT2D eigenvalue weighted by atomic mass is 19.1. The number of hydrogen-bond donors (Lipinski definition) is 2. The van der Waals surface area contributed by atoms with Crippen LogP contribution in [0.5, 0.6) is 5.75 Å². The molecule has 0 saturated carbocycles. The molecule has 0 amide bonds. The van der Waals surface area contributed by atoms with E-state index in [-0.39, 0.29) is 18.1 Å². The lowest BCUT2D eigenvalue weighted by Crippen LogP contribution is -2.15. The molecule has 0 aliphatic rings. The molecule has 0 spiro atoms. The van der Waals surface area contributed by atoms with Gasteiger partial charge in [-0.3, -0.25) is 0 Å². The first-order valence-electron chi connectivity index (χ1n) is 4.38. The first-order chi connectivity index (χ1) is 7.08. The molecular weight excluding hydrogens is 199 g/mol. The van der Waals surface area contributed by atoms with Crippen molar-refractivity contribution in [3.8, 4) is 5.75 Å². The molecular formula is C10H13FN2O2. The van der Waals surface area contributed by atoms with Crippen LogP contribution < -0.4 is 10.5 Å². The monoisotopic (exact) mass is 212 g/mol. The SMILES string of the molecule is COc1c(C)cc(F)cc1C/C(N)=N/O. The molecule has 1 aromatic carbocycles. The van der Waals surface area contributed by atoms with Crippen molar-refractivity contribution in [1.82, 2.24) is 0 Å². The number of methoxy groups -OCH3 is 1. The van der Waals surface area contributed by atoms with Gasteiger partial charge in [-0.1, -0.05) is 5.16 Å². The van der Waals surface area contributed by atoms with Crippen molar-refractivity contribution < 1.29 is 14.3 Å². The van der Waals surface area contributed by atoms with E-state index in [9.17, 15) is 4.39 Å². The summed E-state index contributed by atoms with van der Waals surface area (Å²) in [5, 5.41) is 11.3. The van der Waals surface area contributed by atoms with Crippen molar-refractivity contribution in [2.75, 3.05) is 7.11 Å². The van der Waals surface area contributed by atoms with Crippen LogP contribution in [0, 0.1) is 12.7 Å². The van der Waals surface area contributed by atoms with Gasteiger partial charge in [0.05, 0.1) is 7.11 Å². The number of ether oxygens (including phenoxy) is 1. The summed E-state index contributed by atoms with van der Waals surface area (Å²) in [6, 6.07) is 2.68. The van der Waals surface area contributed by atoms with Crippen LogP contribution in [0.25, 0.3) is 0 Å². The van der Waals surface area contributed by atoms with E-state index >= 15 is 0 Å². The number of halogens is 1. The largest absolute Gasteiger partial charge is 0.496 e. The van der Waals surface area contributed by atoms with Gasteiger partial charge in [-0.05, 0) is 24.6 Å². The number of oxime groups is 1. The third kappa shape index (κ3) is 2.59. The zero-order chi connectivity index (χ0) is 11.4. The standard InChI is InChI=1S/C10H13FN2O2/c1-6-3-8(11)4-7(10(6)15-2)5-9(12)13-14/h3-4,14H,5H2,1-2H3,(H2,12,13). The predicted molar refractivity (Wildman–Crippen MR) is 54.8 cm³/mol. The zero-order valence-electron chi connectivity index (χ0n) is 8.62. The van der Waals surface area contributed by atoms with Crippen LogP contribution in [0.3, 0.4) is 0 Å². The molecule has 0 unspecified atom stereocenters. The summed E-state index contributed by atoms with van der Waals surface area (Å²) in [7, 11) is 1.50. The van der Waals surface area contributed by atoms with Gasteiger partial charge < -0.3 is 15.7 Å². The minimum atomic E-state index is -0.367. The quantitative estimate of drug-likeness (QED) is 0.344. The van der Waals surface area contributed by atoms with Crippen LogP contribution >= 0.6 is 0 Å². The molecule has 0 atom stereocenters. The molecule has 0 aliphatic heterocycles. The number of amidine groups is 1. The molecule has 0 aromatic heterocycles. The average Bonchev–Trinajstić information content (AvgIpc) is 2.17. The highest BCUT2D eigenvalue weighted by Crippen LogP contribution is 2.24. The van der Waals surface area contributed by atoms with Crippen LogP contribution in [0.1, 0.15) is 11.1 Å². The first kappa shape index (κ1) is 11.3. The fraction of sp³-hybridized carbons (Fsp3) is 0.300. The van der Waals surface area contributed by atoms with E-state index < -0.39 is 0 Å². The summed E-state index contributed by atoms with van der Waals surface area (Å²) in [5.74, 6) is 0.204. The summed E-state index contributed by atoms with van der Waals surface area (Å²) in [4.78, 5) is 0. The van der Waals surface area contributed by atoms with Crippen molar-refractivity contribution >= 4 is 5.84 Å². The number of benzene rings is 1. The van der Waals surface area contributed by atoms with Gasteiger partial charge in [0.2, 0.25) is 0 Å². The lowest BCUT2D eigenvalue weighted by atomic mass is 10.1. The lowest BCUT2D eigenvalue weighted by molar-refractivity contribution is 0.317. The Morgan fingerprint density at radius 2 is 2.27 bits per heavy atom. The van der Waals surface area contributed by atoms with Gasteiger partial charge in [0.25, 0.3) is 0 Å². The Kier molecular flexibility index (Phi) is 3.49. The molecule has 1 aromatic rings. The Morgan fingerprint density at radius 3 is 2.80 bits per heavy atom. The second kappa shape index (κ2) is 4.63. The number of hydrogen-bond acceptors (Lipinski definition) is 3. The number of rotatable bonds is 3. The third-order valence-corrected chi connectivity index (χ3v) is 2.02. The second-order valence-corrected chi connectivity index (χ2v) is 3.18. The summed E-state index contributed by atoms with van der Waals surface area (Å²) < 4.78 is 18.2. The molecule has 3 N–H and O–H groups in total. The smallest absolute Gasteiger partial charge is 0.143 e. The van der Waals surface area contributed by atoms with Crippen LogP contribution in [-0.4, -0.2) is 18.2 Å². The molecule has 0 bridgehead atoms. The van der Waals surface area contributed by atoms with E-state index in [0.717, 1.165) is 0 Å². The van der Waals surface area contributed by atoms with Crippen LogP contribution in [0.15, 0.2) is 17.3 Å².